The van der Waals surface area contributed by atoms with Gasteiger partial charge in [0.05, 0.1) is 17.8 Å². The number of rotatable bonds is 4. The van der Waals surface area contributed by atoms with Crippen LogP contribution in [-0.2, 0) is 6.54 Å². The number of pyridine rings is 1. The molecule has 4 heteroatoms. The van der Waals surface area contributed by atoms with Crippen LogP contribution in [0.15, 0.2) is 36.4 Å². The Bertz CT molecular complexity index is 652. The van der Waals surface area contributed by atoms with Crippen molar-refractivity contribution in [3.63, 3.8) is 0 Å². The van der Waals surface area contributed by atoms with Crippen LogP contribution in [0.1, 0.15) is 34.2 Å². The van der Waals surface area contributed by atoms with Crippen LogP contribution in [0.2, 0.25) is 0 Å². The molecule has 0 unspecified atom stereocenters. The Balaban J connectivity index is 2.24. The molecule has 0 atom stereocenters. The van der Waals surface area contributed by atoms with Gasteiger partial charge < -0.3 is 10.6 Å². The van der Waals surface area contributed by atoms with Crippen molar-refractivity contribution >= 4 is 11.6 Å². The Morgan fingerprint density at radius 3 is 2.67 bits per heavy atom. The summed E-state index contributed by atoms with van der Waals surface area (Å²) < 4.78 is 0. The van der Waals surface area contributed by atoms with E-state index in [-0.39, 0.29) is 5.91 Å². The first-order chi connectivity index (χ1) is 10.0. The molecule has 2 rings (SSSR count). The first kappa shape index (κ1) is 15.0. The number of nitrogens with two attached hydrogens (primary N) is 1. The van der Waals surface area contributed by atoms with E-state index in [0.29, 0.717) is 24.3 Å². The van der Waals surface area contributed by atoms with Crippen LogP contribution >= 0.6 is 0 Å². The van der Waals surface area contributed by atoms with Crippen LogP contribution in [0.3, 0.4) is 0 Å². The second-order valence-electron chi connectivity index (χ2n) is 5.18. The molecule has 4 nitrogen and oxygen atoms in total. The fraction of sp³-hybridized carbons (Fsp3) is 0.294. The molecule has 0 saturated heterocycles. The SMILES string of the molecule is CCN(Cc1cccc(C)n1)C(=O)c1cc(C)ccc1N. The summed E-state index contributed by atoms with van der Waals surface area (Å²) in [5, 5.41) is 0. The summed E-state index contributed by atoms with van der Waals surface area (Å²) in [5.74, 6) is -0.0537. The molecular formula is C17H21N3O. The van der Waals surface area contributed by atoms with Gasteiger partial charge in [-0.2, -0.15) is 0 Å². The average Bonchev–Trinajstić information content (AvgIpc) is 2.46. The largest absolute Gasteiger partial charge is 0.398 e. The summed E-state index contributed by atoms with van der Waals surface area (Å²) in [6, 6.07) is 11.4. The van der Waals surface area contributed by atoms with Crippen LogP contribution in [0.25, 0.3) is 0 Å². The predicted octanol–water partition coefficient (Wildman–Crippen LogP) is 2.94. The number of hydrogen-bond donors (Lipinski definition) is 1. The molecule has 0 saturated carbocycles. The maximum absolute atomic E-state index is 12.7. The summed E-state index contributed by atoms with van der Waals surface area (Å²) in [4.78, 5) is 18.9. The lowest BCUT2D eigenvalue weighted by Crippen LogP contribution is -2.31. The number of carbonyl (C=O) groups excluding carboxylic acids is 1. The highest BCUT2D eigenvalue weighted by molar-refractivity contribution is 5.99. The molecule has 0 fully saturated rings. The highest BCUT2D eigenvalue weighted by Gasteiger charge is 2.17. The number of nitrogen functional groups attached to an aromatic ring is 1. The second-order valence-corrected chi connectivity index (χ2v) is 5.18. The zero-order valence-electron chi connectivity index (χ0n) is 12.8. The van der Waals surface area contributed by atoms with E-state index in [0.717, 1.165) is 17.0 Å². The predicted molar refractivity (Wildman–Crippen MR) is 85.0 cm³/mol. The fourth-order valence-corrected chi connectivity index (χ4v) is 2.24. The molecule has 2 aromatic rings. The van der Waals surface area contributed by atoms with Gasteiger partial charge in [-0.25, -0.2) is 0 Å². The van der Waals surface area contributed by atoms with Crippen molar-refractivity contribution in [2.24, 2.45) is 0 Å². The molecule has 110 valence electrons. The van der Waals surface area contributed by atoms with Gasteiger partial charge in [-0.05, 0) is 45.0 Å². The zero-order valence-corrected chi connectivity index (χ0v) is 12.8. The van der Waals surface area contributed by atoms with Gasteiger partial charge in [0.25, 0.3) is 5.91 Å². The third-order valence-electron chi connectivity index (χ3n) is 3.41. The molecule has 1 aromatic heterocycles. The molecular weight excluding hydrogens is 262 g/mol. The molecule has 1 amide bonds. The van der Waals surface area contributed by atoms with Crippen molar-refractivity contribution in [1.82, 2.24) is 9.88 Å². The number of carbonyl (C=O) groups is 1. The molecule has 0 aliphatic heterocycles. The lowest BCUT2D eigenvalue weighted by atomic mass is 10.1. The Morgan fingerprint density at radius 1 is 1.24 bits per heavy atom. The minimum atomic E-state index is -0.0537. The molecule has 0 bridgehead atoms. The Hall–Kier alpha value is -2.36. The van der Waals surface area contributed by atoms with Crippen LogP contribution < -0.4 is 5.73 Å². The zero-order chi connectivity index (χ0) is 15.4. The van der Waals surface area contributed by atoms with E-state index in [1.54, 1.807) is 11.0 Å². The number of amides is 1. The van der Waals surface area contributed by atoms with Crippen LogP contribution in [-0.4, -0.2) is 22.3 Å². The Morgan fingerprint density at radius 2 is 2.00 bits per heavy atom. The summed E-state index contributed by atoms with van der Waals surface area (Å²) in [6.07, 6.45) is 0. The van der Waals surface area contributed by atoms with Crippen LogP contribution in [0.5, 0.6) is 0 Å². The number of anilines is 1. The highest BCUT2D eigenvalue weighted by atomic mass is 16.2. The van der Waals surface area contributed by atoms with Gasteiger partial charge in [0.1, 0.15) is 0 Å². The monoisotopic (exact) mass is 283 g/mol. The number of hydrogen-bond acceptors (Lipinski definition) is 3. The van der Waals surface area contributed by atoms with Crippen molar-refractivity contribution in [2.45, 2.75) is 27.3 Å². The number of benzene rings is 1. The molecule has 0 spiro atoms. The van der Waals surface area contributed by atoms with Gasteiger partial charge in [0.2, 0.25) is 0 Å². The van der Waals surface area contributed by atoms with E-state index in [2.05, 4.69) is 4.98 Å². The highest BCUT2D eigenvalue weighted by Crippen LogP contribution is 2.17. The number of aryl methyl sites for hydroxylation is 2. The molecule has 0 aliphatic carbocycles. The fourth-order valence-electron chi connectivity index (χ4n) is 2.24. The van der Waals surface area contributed by atoms with E-state index >= 15 is 0 Å². The van der Waals surface area contributed by atoms with Gasteiger partial charge in [0.15, 0.2) is 0 Å². The van der Waals surface area contributed by atoms with Gasteiger partial charge in [0, 0.05) is 17.9 Å². The van der Waals surface area contributed by atoms with E-state index in [1.165, 1.54) is 0 Å². The van der Waals surface area contributed by atoms with Crippen molar-refractivity contribution in [3.8, 4) is 0 Å². The third-order valence-corrected chi connectivity index (χ3v) is 3.41. The van der Waals surface area contributed by atoms with Crippen molar-refractivity contribution in [3.05, 3.63) is 58.9 Å². The Kier molecular flexibility index (Phi) is 4.58. The number of aromatic nitrogens is 1. The first-order valence-corrected chi connectivity index (χ1v) is 7.09. The second kappa shape index (κ2) is 6.39. The van der Waals surface area contributed by atoms with Crippen molar-refractivity contribution in [1.29, 1.82) is 0 Å². The standard InChI is InChI=1S/C17H21N3O/c1-4-20(11-14-7-5-6-13(3)19-14)17(21)15-10-12(2)8-9-16(15)18/h5-10H,4,11,18H2,1-3H3. The van der Waals surface area contributed by atoms with Crippen LogP contribution in [0, 0.1) is 13.8 Å². The van der Waals surface area contributed by atoms with E-state index in [4.69, 9.17) is 5.73 Å². The molecule has 0 aliphatic rings. The lowest BCUT2D eigenvalue weighted by molar-refractivity contribution is 0.0751. The summed E-state index contributed by atoms with van der Waals surface area (Å²) >= 11 is 0. The first-order valence-electron chi connectivity index (χ1n) is 7.09. The van der Waals surface area contributed by atoms with Crippen LogP contribution in [0.4, 0.5) is 5.69 Å². The minimum absolute atomic E-state index is 0.0537. The molecule has 21 heavy (non-hydrogen) atoms. The lowest BCUT2D eigenvalue weighted by Gasteiger charge is -2.21. The average molecular weight is 283 g/mol. The van der Waals surface area contributed by atoms with Gasteiger partial charge >= 0.3 is 0 Å². The number of nitrogens with zero attached hydrogens (tertiary/aromatic N) is 2. The van der Waals surface area contributed by atoms with E-state index in [1.807, 2.05) is 51.1 Å². The smallest absolute Gasteiger partial charge is 0.256 e. The normalized spacial score (nSPS) is 10.4. The van der Waals surface area contributed by atoms with Crippen molar-refractivity contribution in [2.75, 3.05) is 12.3 Å². The minimum Gasteiger partial charge on any atom is -0.398 e. The maximum Gasteiger partial charge on any atom is 0.256 e. The Labute approximate surface area is 125 Å². The van der Waals surface area contributed by atoms with Crippen molar-refractivity contribution < 1.29 is 4.79 Å². The molecule has 2 N–H and O–H groups in total. The van der Waals surface area contributed by atoms with Gasteiger partial charge in [-0.1, -0.05) is 17.7 Å². The molecule has 1 aromatic carbocycles. The van der Waals surface area contributed by atoms with E-state index < -0.39 is 0 Å². The molecule has 0 radical (unpaired) electrons. The molecule has 1 heterocycles. The summed E-state index contributed by atoms with van der Waals surface area (Å²) in [5.41, 5.74) is 9.87. The summed E-state index contributed by atoms with van der Waals surface area (Å²) in [7, 11) is 0. The third kappa shape index (κ3) is 3.60. The maximum atomic E-state index is 12.7. The van der Waals surface area contributed by atoms with E-state index in [9.17, 15) is 4.79 Å². The topological polar surface area (TPSA) is 59.2 Å². The quantitative estimate of drug-likeness (QED) is 0.878. The summed E-state index contributed by atoms with van der Waals surface area (Å²) in [6.45, 7) is 6.96. The van der Waals surface area contributed by atoms with Gasteiger partial charge in [-0.3, -0.25) is 9.78 Å². The van der Waals surface area contributed by atoms with Gasteiger partial charge in [-0.15, -0.1) is 0 Å².